The van der Waals surface area contributed by atoms with Gasteiger partial charge < -0.3 is 5.73 Å². The topological polar surface area (TPSA) is 155 Å². The zero-order valence-corrected chi connectivity index (χ0v) is 11.7. The molecule has 1 unspecified atom stereocenters. The van der Waals surface area contributed by atoms with E-state index in [4.69, 9.17) is 10.3 Å². The largest absolute Gasteiger partial charge is 0.385 e. The number of rotatable bonds is 2. The van der Waals surface area contributed by atoms with Crippen LogP contribution in [0.25, 0.3) is 0 Å². The molecule has 3 rings (SSSR count). The molecule has 2 heterocycles. The maximum atomic E-state index is 10.9. The van der Waals surface area contributed by atoms with Crippen molar-refractivity contribution in [3.05, 3.63) is 24.3 Å². The molecule has 0 aliphatic carbocycles. The van der Waals surface area contributed by atoms with Crippen molar-refractivity contribution >= 4 is 39.8 Å². The summed E-state index contributed by atoms with van der Waals surface area (Å²) >= 11 is 0. The van der Waals surface area contributed by atoms with E-state index in [0.29, 0.717) is 11.5 Å². The van der Waals surface area contributed by atoms with Gasteiger partial charge in [0.2, 0.25) is 0 Å². The minimum absolute atomic E-state index is 0.0936. The van der Waals surface area contributed by atoms with E-state index < -0.39 is 16.2 Å². The highest BCUT2D eigenvalue weighted by atomic mass is 32.2. The Hall–Kier alpha value is -2.79. The maximum absolute atomic E-state index is 10.9. The fraction of sp³-hybridized carbons (Fsp3) is 0.0909. The van der Waals surface area contributed by atoms with Gasteiger partial charge in [0.15, 0.2) is 11.9 Å². The van der Waals surface area contributed by atoms with Gasteiger partial charge in [0.05, 0.1) is 10.6 Å². The fourth-order valence-corrected chi connectivity index (χ4v) is 2.20. The van der Waals surface area contributed by atoms with Crippen molar-refractivity contribution < 1.29 is 13.0 Å². The van der Waals surface area contributed by atoms with Crippen molar-refractivity contribution in [2.24, 2.45) is 35.9 Å². The Bertz CT molecular complexity index is 865. The average molecular weight is 319 g/mol. The molecule has 112 valence electrons. The maximum Gasteiger partial charge on any atom is 0.294 e. The molecule has 0 saturated heterocycles. The molecule has 22 heavy (non-hydrogen) atoms. The van der Waals surface area contributed by atoms with Gasteiger partial charge in [0, 0.05) is 0 Å². The lowest BCUT2D eigenvalue weighted by molar-refractivity contribution is 0.483. The second-order valence-corrected chi connectivity index (χ2v) is 5.69. The van der Waals surface area contributed by atoms with Crippen molar-refractivity contribution in [1.82, 2.24) is 0 Å². The Labute approximate surface area is 124 Å². The highest BCUT2D eigenvalue weighted by molar-refractivity contribution is 7.85. The highest BCUT2D eigenvalue weighted by Gasteiger charge is 2.27. The van der Waals surface area contributed by atoms with Gasteiger partial charge in [-0.05, 0) is 24.3 Å². The summed E-state index contributed by atoms with van der Waals surface area (Å²) in [6, 6.07) is 4.65. The van der Waals surface area contributed by atoms with E-state index in [1.165, 1.54) is 30.6 Å². The first-order chi connectivity index (χ1) is 10.4. The number of hydrogen-bond donors (Lipinski definition) is 2. The molecule has 1 aromatic carbocycles. The van der Waals surface area contributed by atoms with Crippen LogP contribution in [0.5, 0.6) is 0 Å². The molecule has 3 N–H and O–H groups in total. The lowest BCUT2D eigenvalue weighted by atomic mass is 10.2. The van der Waals surface area contributed by atoms with Crippen molar-refractivity contribution in [2.45, 2.75) is 10.9 Å². The van der Waals surface area contributed by atoms with Gasteiger partial charge in [0.1, 0.15) is 12.2 Å². The molecule has 0 fully saturated rings. The van der Waals surface area contributed by atoms with Crippen LogP contribution in [0.3, 0.4) is 0 Å². The normalized spacial score (nSPS) is 20.6. The van der Waals surface area contributed by atoms with Gasteiger partial charge >= 0.3 is 0 Å². The Morgan fingerprint density at radius 3 is 2.55 bits per heavy atom. The number of nitrogens with two attached hydrogens (primary N) is 1. The second kappa shape index (κ2) is 5.20. The summed E-state index contributed by atoms with van der Waals surface area (Å²) in [4.78, 5) is 15.7. The Morgan fingerprint density at radius 2 is 1.91 bits per heavy atom. The number of nitrogens with zero attached hydrogens (tertiary/aromatic N) is 6. The smallest absolute Gasteiger partial charge is 0.294 e. The summed E-state index contributed by atoms with van der Waals surface area (Å²) < 4.78 is 30.7. The number of guanidine groups is 1. The predicted octanol–water partition coefficient (Wildman–Crippen LogP) is 0.553. The molecular weight excluding hydrogens is 310 g/mol. The third-order valence-corrected chi connectivity index (χ3v) is 3.64. The van der Waals surface area contributed by atoms with Crippen LogP contribution < -0.4 is 5.73 Å². The summed E-state index contributed by atoms with van der Waals surface area (Å²) in [5.41, 5.74) is 6.04. The van der Waals surface area contributed by atoms with Gasteiger partial charge in [-0.1, -0.05) is 0 Å². The number of fused-ring (bicyclic) bond motifs is 1. The van der Waals surface area contributed by atoms with Crippen LogP contribution in [0, 0.1) is 0 Å². The third-order valence-electron chi connectivity index (χ3n) is 2.77. The summed E-state index contributed by atoms with van der Waals surface area (Å²) in [7, 11) is -4.23. The van der Waals surface area contributed by atoms with Gasteiger partial charge in [-0.3, -0.25) is 4.55 Å². The van der Waals surface area contributed by atoms with Crippen LogP contribution in [0.4, 0.5) is 5.69 Å². The molecule has 0 spiro atoms. The standard InChI is InChI=1S/C11H9N7O3S/c12-9-8-10(14-5-13-9)16-11(15-8)18-17-6-1-3-7(4-2-6)22(19,20)21/h1-5,8H,(H,19,20,21)(H2,12,13,14,15,16). The first-order valence-corrected chi connectivity index (χ1v) is 7.39. The van der Waals surface area contributed by atoms with Crippen molar-refractivity contribution in [3.8, 4) is 0 Å². The van der Waals surface area contributed by atoms with Gasteiger partial charge in [-0.2, -0.15) is 13.4 Å². The first kappa shape index (κ1) is 14.2. The van der Waals surface area contributed by atoms with Crippen LogP contribution in [0.2, 0.25) is 0 Å². The van der Waals surface area contributed by atoms with E-state index in [0.717, 1.165) is 0 Å². The first-order valence-electron chi connectivity index (χ1n) is 5.95. The predicted molar refractivity (Wildman–Crippen MR) is 79.5 cm³/mol. The lowest BCUT2D eigenvalue weighted by Gasteiger charge is -2.07. The molecular formula is C11H9N7O3S. The Kier molecular flexibility index (Phi) is 3.35. The zero-order valence-electron chi connectivity index (χ0n) is 10.9. The molecule has 0 bridgehead atoms. The van der Waals surface area contributed by atoms with Crippen LogP contribution in [-0.4, -0.2) is 43.0 Å². The SMILES string of the molecule is NC1=NC=NC2=NC(N=Nc3ccc(S(=O)(=O)O)cc3)=NC12. The summed E-state index contributed by atoms with van der Waals surface area (Å²) in [6.07, 6.45) is 1.29. The minimum Gasteiger partial charge on any atom is -0.385 e. The lowest BCUT2D eigenvalue weighted by Crippen LogP contribution is -2.34. The quantitative estimate of drug-likeness (QED) is 0.603. The molecule has 0 amide bonds. The monoisotopic (exact) mass is 319 g/mol. The number of benzene rings is 1. The van der Waals surface area contributed by atoms with Gasteiger partial charge in [-0.25, -0.2) is 15.0 Å². The number of azo groups is 1. The van der Waals surface area contributed by atoms with Crippen LogP contribution in [0.15, 0.2) is 59.4 Å². The highest BCUT2D eigenvalue weighted by Crippen LogP contribution is 2.18. The molecule has 0 aromatic heterocycles. The molecule has 2 aliphatic heterocycles. The van der Waals surface area contributed by atoms with Gasteiger partial charge in [0.25, 0.3) is 16.1 Å². The van der Waals surface area contributed by atoms with Crippen LogP contribution >= 0.6 is 0 Å². The van der Waals surface area contributed by atoms with E-state index in [1.54, 1.807) is 0 Å². The van der Waals surface area contributed by atoms with Crippen molar-refractivity contribution in [1.29, 1.82) is 0 Å². The summed E-state index contributed by atoms with van der Waals surface area (Å²) in [5.74, 6) is 0.760. The number of hydrogen-bond acceptors (Lipinski definition) is 9. The number of amidine groups is 2. The molecule has 10 nitrogen and oxygen atoms in total. The van der Waals surface area contributed by atoms with Crippen LogP contribution in [-0.2, 0) is 10.1 Å². The molecule has 0 radical (unpaired) electrons. The molecule has 11 heteroatoms. The molecule has 1 atom stereocenters. The molecule has 0 saturated carbocycles. The minimum atomic E-state index is -4.23. The van der Waals surface area contributed by atoms with Crippen molar-refractivity contribution in [3.63, 3.8) is 0 Å². The Morgan fingerprint density at radius 1 is 1.18 bits per heavy atom. The Balaban J connectivity index is 1.79. The molecule has 1 aromatic rings. The average Bonchev–Trinajstić information content (AvgIpc) is 2.89. The summed E-state index contributed by atoms with van der Waals surface area (Å²) in [6.45, 7) is 0. The fourth-order valence-electron chi connectivity index (χ4n) is 1.72. The van der Waals surface area contributed by atoms with Gasteiger partial charge in [-0.15, -0.1) is 10.2 Å². The van der Waals surface area contributed by atoms with E-state index in [2.05, 4.69) is 30.2 Å². The van der Waals surface area contributed by atoms with Crippen LogP contribution in [0.1, 0.15) is 0 Å². The number of aliphatic imine (C=N–C) groups is 4. The second-order valence-electron chi connectivity index (χ2n) is 4.27. The van der Waals surface area contributed by atoms with E-state index >= 15 is 0 Å². The third kappa shape index (κ3) is 2.80. The zero-order chi connectivity index (χ0) is 15.7. The molecule has 2 aliphatic rings. The van der Waals surface area contributed by atoms with Crippen molar-refractivity contribution in [2.75, 3.05) is 0 Å². The van der Waals surface area contributed by atoms with E-state index in [-0.39, 0.29) is 16.7 Å². The van der Waals surface area contributed by atoms with E-state index in [1.807, 2.05) is 0 Å². The van der Waals surface area contributed by atoms with E-state index in [9.17, 15) is 8.42 Å². The summed E-state index contributed by atoms with van der Waals surface area (Å²) in [5, 5.41) is 7.71.